The molecule has 162 valence electrons. The zero-order valence-corrected chi connectivity index (χ0v) is 18.1. The van der Waals surface area contributed by atoms with Crippen LogP contribution in [0.25, 0.3) is 10.9 Å². The van der Waals surface area contributed by atoms with Gasteiger partial charge < -0.3 is 20.5 Å². The fraction of sp³-hybridized carbons (Fsp3) is 0.565. The van der Waals surface area contributed by atoms with Gasteiger partial charge in [-0.1, -0.05) is 24.6 Å². The Kier molecular flexibility index (Phi) is 6.07. The van der Waals surface area contributed by atoms with Gasteiger partial charge in [0.2, 0.25) is 5.91 Å². The number of aromatic amines is 1. The number of nitrogens with zero attached hydrogens (tertiary/aromatic N) is 2. The molecule has 5 rings (SSSR count). The van der Waals surface area contributed by atoms with Gasteiger partial charge in [0, 0.05) is 49.0 Å². The Morgan fingerprint density at radius 1 is 0.967 bits per heavy atom. The number of halogens is 1. The first-order chi connectivity index (χ1) is 14.1. The van der Waals surface area contributed by atoms with Crippen LogP contribution in [-0.4, -0.2) is 58.8 Å². The van der Waals surface area contributed by atoms with E-state index in [0.717, 1.165) is 23.7 Å². The summed E-state index contributed by atoms with van der Waals surface area (Å²) in [6.45, 7) is 2.45. The molecule has 3 fully saturated rings. The van der Waals surface area contributed by atoms with Crippen molar-refractivity contribution in [3.63, 3.8) is 0 Å². The highest BCUT2D eigenvalue weighted by molar-refractivity contribution is 5.98. The molecule has 2 saturated carbocycles. The number of rotatable bonds is 2. The van der Waals surface area contributed by atoms with Crippen molar-refractivity contribution in [2.24, 2.45) is 23.5 Å². The summed E-state index contributed by atoms with van der Waals surface area (Å²) < 4.78 is 0. The van der Waals surface area contributed by atoms with Crippen LogP contribution in [-0.2, 0) is 4.79 Å². The fourth-order valence-corrected chi connectivity index (χ4v) is 5.74. The van der Waals surface area contributed by atoms with E-state index in [0.29, 0.717) is 49.8 Å². The minimum absolute atomic E-state index is 0. The summed E-state index contributed by atoms with van der Waals surface area (Å²) in [6.07, 6.45) is 5.51. The van der Waals surface area contributed by atoms with Gasteiger partial charge in [0.15, 0.2) is 0 Å². The van der Waals surface area contributed by atoms with E-state index in [2.05, 4.69) is 4.98 Å². The molecule has 0 spiro atoms. The number of hydrogen-bond donors (Lipinski definition) is 2. The van der Waals surface area contributed by atoms with Crippen molar-refractivity contribution >= 4 is 35.1 Å². The molecule has 30 heavy (non-hydrogen) atoms. The van der Waals surface area contributed by atoms with Gasteiger partial charge in [0.1, 0.15) is 5.69 Å². The number of nitrogens with two attached hydrogens (primary N) is 1. The van der Waals surface area contributed by atoms with Crippen LogP contribution < -0.4 is 5.73 Å². The third kappa shape index (κ3) is 3.83. The number of para-hydroxylation sites is 1. The molecular weight excluding hydrogens is 400 g/mol. The highest BCUT2D eigenvalue weighted by Gasteiger charge is 2.42. The number of hydrogen-bond acceptors (Lipinski definition) is 3. The predicted molar refractivity (Wildman–Crippen MR) is 120 cm³/mol. The first kappa shape index (κ1) is 21.2. The number of H-pyrrole nitrogens is 1. The van der Waals surface area contributed by atoms with Crippen LogP contribution in [0.5, 0.6) is 0 Å². The number of carbonyl (C=O) groups excluding carboxylic acids is 2. The van der Waals surface area contributed by atoms with Crippen molar-refractivity contribution in [1.82, 2.24) is 14.8 Å². The molecule has 3 N–H and O–H groups in total. The Balaban J connectivity index is 0.00000218. The van der Waals surface area contributed by atoms with E-state index >= 15 is 0 Å². The zero-order chi connectivity index (χ0) is 20.0. The minimum Gasteiger partial charge on any atom is -0.351 e. The molecule has 2 atom stereocenters. The summed E-state index contributed by atoms with van der Waals surface area (Å²) in [5.74, 6) is 1.46. The second-order valence-corrected chi connectivity index (χ2v) is 9.08. The molecule has 7 heteroatoms. The van der Waals surface area contributed by atoms with Crippen molar-refractivity contribution in [2.45, 2.75) is 38.1 Å². The molecule has 2 bridgehead atoms. The molecule has 2 amide bonds. The first-order valence-electron chi connectivity index (χ1n) is 11.0. The van der Waals surface area contributed by atoms with Gasteiger partial charge in [-0.25, -0.2) is 0 Å². The smallest absolute Gasteiger partial charge is 0.270 e. The lowest BCUT2D eigenvalue weighted by molar-refractivity contribution is -0.140. The van der Waals surface area contributed by atoms with E-state index in [4.69, 9.17) is 5.73 Å². The van der Waals surface area contributed by atoms with Crippen molar-refractivity contribution < 1.29 is 9.59 Å². The fourth-order valence-electron chi connectivity index (χ4n) is 5.74. The Labute approximate surface area is 183 Å². The molecule has 3 aliphatic rings. The number of benzene rings is 1. The monoisotopic (exact) mass is 430 g/mol. The molecule has 1 aliphatic heterocycles. The highest BCUT2D eigenvalue weighted by Crippen LogP contribution is 2.42. The summed E-state index contributed by atoms with van der Waals surface area (Å²) in [5.41, 5.74) is 7.99. The van der Waals surface area contributed by atoms with Gasteiger partial charge in [-0.2, -0.15) is 0 Å². The molecule has 2 heterocycles. The molecular formula is C23H31ClN4O2. The SMILES string of the molecule is Cl.NC1C2CCCC1CC(C(=O)N1CCN(C(=O)c3cc4ccccc4[nH]3)CC1)C2. The quantitative estimate of drug-likeness (QED) is 0.768. The predicted octanol–water partition coefficient (Wildman–Crippen LogP) is 3.03. The number of nitrogens with one attached hydrogen (secondary N) is 1. The van der Waals surface area contributed by atoms with E-state index in [-0.39, 0.29) is 30.1 Å². The topological polar surface area (TPSA) is 82.4 Å². The third-order valence-corrected chi connectivity index (χ3v) is 7.40. The van der Waals surface area contributed by atoms with E-state index in [1.807, 2.05) is 40.1 Å². The maximum atomic E-state index is 13.1. The van der Waals surface area contributed by atoms with Gasteiger partial charge in [-0.15, -0.1) is 12.4 Å². The average Bonchev–Trinajstić information content (AvgIpc) is 3.17. The molecule has 2 aromatic rings. The second kappa shape index (κ2) is 8.60. The summed E-state index contributed by atoms with van der Waals surface area (Å²) in [7, 11) is 0. The van der Waals surface area contributed by atoms with Gasteiger partial charge in [-0.05, 0) is 49.7 Å². The van der Waals surface area contributed by atoms with Crippen molar-refractivity contribution in [2.75, 3.05) is 26.2 Å². The third-order valence-electron chi connectivity index (χ3n) is 7.40. The summed E-state index contributed by atoms with van der Waals surface area (Å²) in [6, 6.07) is 10.1. The average molecular weight is 431 g/mol. The zero-order valence-electron chi connectivity index (χ0n) is 17.3. The van der Waals surface area contributed by atoms with Crippen LogP contribution >= 0.6 is 12.4 Å². The molecule has 0 radical (unpaired) electrons. The van der Waals surface area contributed by atoms with E-state index in [1.165, 1.54) is 19.3 Å². The van der Waals surface area contributed by atoms with Gasteiger partial charge >= 0.3 is 0 Å². The second-order valence-electron chi connectivity index (χ2n) is 9.08. The lowest BCUT2D eigenvalue weighted by Crippen LogP contribution is -2.54. The molecule has 1 saturated heterocycles. The molecule has 1 aromatic heterocycles. The van der Waals surface area contributed by atoms with Crippen LogP contribution in [0, 0.1) is 17.8 Å². The maximum Gasteiger partial charge on any atom is 0.270 e. The van der Waals surface area contributed by atoms with E-state index in [9.17, 15) is 9.59 Å². The lowest BCUT2D eigenvalue weighted by atomic mass is 9.65. The van der Waals surface area contributed by atoms with Crippen LogP contribution in [0.15, 0.2) is 30.3 Å². The summed E-state index contributed by atoms with van der Waals surface area (Å²) in [4.78, 5) is 33.1. The van der Waals surface area contributed by atoms with E-state index < -0.39 is 0 Å². The standard InChI is InChI=1S/C23H30N4O2.ClH/c24-21-16-5-3-6-17(21)13-18(12-16)22(28)26-8-10-27(11-9-26)23(29)20-14-15-4-1-2-7-19(15)25-20;/h1-2,4,7,14,16-18,21,25H,3,5-6,8-13,24H2;1H. The maximum absolute atomic E-state index is 13.1. The van der Waals surface area contributed by atoms with Crippen molar-refractivity contribution in [3.8, 4) is 0 Å². The Bertz CT molecular complexity index is 874. The molecule has 2 aliphatic carbocycles. The molecule has 2 unspecified atom stereocenters. The minimum atomic E-state index is 0. The number of piperazine rings is 1. The Hall–Kier alpha value is -2.05. The molecule has 1 aromatic carbocycles. The number of carbonyl (C=O) groups is 2. The van der Waals surface area contributed by atoms with E-state index in [1.54, 1.807) is 0 Å². The van der Waals surface area contributed by atoms with Crippen LogP contribution in [0.4, 0.5) is 0 Å². The van der Waals surface area contributed by atoms with Crippen LogP contribution in [0.1, 0.15) is 42.6 Å². The Morgan fingerprint density at radius 2 is 1.60 bits per heavy atom. The number of fused-ring (bicyclic) bond motifs is 3. The number of amides is 2. The van der Waals surface area contributed by atoms with Crippen molar-refractivity contribution in [1.29, 1.82) is 0 Å². The number of aromatic nitrogens is 1. The van der Waals surface area contributed by atoms with Gasteiger partial charge in [0.25, 0.3) is 5.91 Å². The summed E-state index contributed by atoms with van der Waals surface area (Å²) in [5, 5.41) is 1.05. The highest BCUT2D eigenvalue weighted by atomic mass is 35.5. The van der Waals surface area contributed by atoms with Crippen molar-refractivity contribution in [3.05, 3.63) is 36.0 Å². The van der Waals surface area contributed by atoms with Crippen LogP contribution in [0.2, 0.25) is 0 Å². The first-order valence-corrected chi connectivity index (χ1v) is 11.0. The Morgan fingerprint density at radius 3 is 2.27 bits per heavy atom. The summed E-state index contributed by atoms with van der Waals surface area (Å²) >= 11 is 0. The van der Waals surface area contributed by atoms with Gasteiger partial charge in [0.05, 0.1) is 0 Å². The van der Waals surface area contributed by atoms with Crippen LogP contribution in [0.3, 0.4) is 0 Å². The van der Waals surface area contributed by atoms with Gasteiger partial charge in [-0.3, -0.25) is 9.59 Å². The normalized spacial score (nSPS) is 28.8. The largest absolute Gasteiger partial charge is 0.351 e. The molecule has 6 nitrogen and oxygen atoms in total. The lowest BCUT2D eigenvalue weighted by Gasteiger charge is -2.45.